The summed E-state index contributed by atoms with van der Waals surface area (Å²) in [6, 6.07) is 42.4. The second-order valence-electron chi connectivity index (χ2n) is 7.72. The van der Waals surface area contributed by atoms with Crippen LogP contribution in [-0.4, -0.2) is 8.41 Å². The molecule has 1 aliphatic heterocycles. The summed E-state index contributed by atoms with van der Waals surface area (Å²) >= 11 is 0. The maximum absolute atomic E-state index is 2.39. The fraction of sp³-hybridized carbons (Fsp3) is 0.143. The van der Waals surface area contributed by atoms with E-state index in [9.17, 15) is 0 Å². The zero-order valence-corrected chi connectivity index (χ0v) is 18.0. The van der Waals surface area contributed by atoms with Crippen LogP contribution in [0.4, 0.5) is 0 Å². The number of hydrogen-bond acceptors (Lipinski definition) is 0. The van der Waals surface area contributed by atoms with E-state index in [0.29, 0.717) is 11.3 Å². The van der Waals surface area contributed by atoms with Crippen LogP contribution in [0.25, 0.3) is 11.1 Å². The van der Waals surface area contributed by atoms with Crippen molar-refractivity contribution in [1.29, 1.82) is 0 Å². The van der Waals surface area contributed by atoms with Crippen LogP contribution in [0.3, 0.4) is 0 Å². The van der Waals surface area contributed by atoms with Crippen molar-refractivity contribution >= 4 is 21.6 Å². The second kappa shape index (κ2) is 9.46. The highest BCUT2D eigenvalue weighted by molar-refractivity contribution is 7.67. The number of benzene rings is 4. The quantitative estimate of drug-likeness (QED) is 0.247. The van der Waals surface area contributed by atoms with Crippen LogP contribution in [0.2, 0.25) is 0 Å². The molecule has 2 atom stereocenters. The van der Waals surface area contributed by atoms with E-state index in [-0.39, 0.29) is 16.3 Å². The highest BCUT2D eigenvalue weighted by atomic mass is 31.1. The highest BCUT2D eigenvalue weighted by Crippen LogP contribution is 2.70. The van der Waals surface area contributed by atoms with Crippen LogP contribution < -0.4 is 5.30 Å². The first kappa shape index (κ1) is 20.6. The third kappa shape index (κ3) is 4.00. The van der Waals surface area contributed by atoms with Crippen LogP contribution in [0.5, 0.6) is 0 Å². The molecule has 4 aromatic carbocycles. The van der Waals surface area contributed by atoms with Gasteiger partial charge in [0, 0.05) is 19.7 Å². The van der Waals surface area contributed by atoms with E-state index < -0.39 is 0 Å². The smallest absolute Gasteiger partial charge is 0.00880 e. The molecule has 1 aliphatic rings. The van der Waals surface area contributed by atoms with Crippen LogP contribution in [-0.2, 0) is 0 Å². The molecule has 145 valence electrons. The molecule has 0 amide bonds. The molecule has 2 heteroatoms. The number of rotatable bonds is 4. The molecule has 1 fully saturated rings. The van der Waals surface area contributed by atoms with Gasteiger partial charge < -0.3 is 0 Å². The van der Waals surface area contributed by atoms with Gasteiger partial charge in [-0.25, -0.2) is 0 Å². The summed E-state index contributed by atoms with van der Waals surface area (Å²) in [6.45, 7) is 0. The van der Waals surface area contributed by atoms with Crippen molar-refractivity contribution in [3.63, 3.8) is 0 Å². The monoisotopic (exact) mass is 403 g/mol. The SMILES string of the molecule is [B].c1ccc(-c2ccccc2P2[C@H](c3ccccc3)CC[C@H]2c2ccccc2)cc1. The van der Waals surface area contributed by atoms with E-state index in [1.165, 1.54) is 35.1 Å². The van der Waals surface area contributed by atoms with Gasteiger partial charge in [-0.3, -0.25) is 0 Å². The lowest BCUT2D eigenvalue weighted by atomic mass is 10.0. The Morgan fingerprint density at radius 2 is 0.933 bits per heavy atom. The van der Waals surface area contributed by atoms with E-state index in [0.717, 1.165) is 0 Å². The normalized spacial score (nSPS) is 18.7. The van der Waals surface area contributed by atoms with Gasteiger partial charge in [0.15, 0.2) is 0 Å². The first-order valence-electron chi connectivity index (χ1n) is 10.4. The Kier molecular flexibility index (Phi) is 6.51. The fourth-order valence-electron chi connectivity index (χ4n) is 4.71. The van der Waals surface area contributed by atoms with Crippen LogP contribution >= 0.6 is 7.92 Å². The third-order valence-corrected chi connectivity index (χ3v) is 9.42. The molecule has 0 N–H and O–H groups in total. The summed E-state index contributed by atoms with van der Waals surface area (Å²) in [5.41, 5.74) is 6.96. The molecule has 30 heavy (non-hydrogen) atoms. The van der Waals surface area contributed by atoms with Crippen molar-refractivity contribution in [2.24, 2.45) is 0 Å². The van der Waals surface area contributed by atoms with E-state index in [1.807, 2.05) is 0 Å². The summed E-state index contributed by atoms with van der Waals surface area (Å²) in [7, 11) is -0.364. The molecule has 0 unspecified atom stereocenters. The summed E-state index contributed by atoms with van der Waals surface area (Å²) < 4.78 is 0. The zero-order valence-electron chi connectivity index (χ0n) is 17.1. The highest BCUT2D eigenvalue weighted by Gasteiger charge is 2.39. The third-order valence-electron chi connectivity index (χ3n) is 6.02. The van der Waals surface area contributed by atoms with Gasteiger partial charge in [-0.1, -0.05) is 123 Å². The van der Waals surface area contributed by atoms with Crippen molar-refractivity contribution in [3.05, 3.63) is 126 Å². The van der Waals surface area contributed by atoms with Gasteiger partial charge in [-0.15, -0.1) is 0 Å². The van der Waals surface area contributed by atoms with Gasteiger partial charge >= 0.3 is 0 Å². The topological polar surface area (TPSA) is 0 Å². The molecular weight excluding hydrogens is 378 g/mol. The van der Waals surface area contributed by atoms with Crippen LogP contribution in [0.15, 0.2) is 115 Å². The molecular formula is C28H25BP. The van der Waals surface area contributed by atoms with Crippen molar-refractivity contribution in [1.82, 2.24) is 0 Å². The second-order valence-corrected chi connectivity index (χ2v) is 10.3. The van der Waals surface area contributed by atoms with E-state index in [1.54, 1.807) is 5.30 Å². The van der Waals surface area contributed by atoms with Gasteiger partial charge in [-0.05, 0) is 40.4 Å². The molecule has 0 spiro atoms. The molecule has 3 radical (unpaired) electrons. The first-order valence-corrected chi connectivity index (χ1v) is 11.9. The zero-order chi connectivity index (χ0) is 19.5. The van der Waals surface area contributed by atoms with Crippen molar-refractivity contribution in [2.75, 3.05) is 0 Å². The van der Waals surface area contributed by atoms with Gasteiger partial charge in [0.05, 0.1) is 0 Å². The van der Waals surface area contributed by atoms with Gasteiger partial charge in [0.2, 0.25) is 0 Å². The van der Waals surface area contributed by atoms with E-state index in [4.69, 9.17) is 0 Å². The molecule has 0 bridgehead atoms. The van der Waals surface area contributed by atoms with Crippen LogP contribution in [0.1, 0.15) is 35.3 Å². The summed E-state index contributed by atoms with van der Waals surface area (Å²) in [5.74, 6) is 0. The minimum Gasteiger partial charge on any atom is -0.0622 e. The molecule has 4 aromatic rings. The predicted octanol–water partition coefficient (Wildman–Crippen LogP) is 7.36. The maximum Gasteiger partial charge on any atom is 0.00880 e. The largest absolute Gasteiger partial charge is 0.0622 e. The molecule has 0 saturated carbocycles. The van der Waals surface area contributed by atoms with Crippen molar-refractivity contribution in [3.8, 4) is 11.1 Å². The molecule has 0 nitrogen and oxygen atoms in total. The molecule has 1 heterocycles. The van der Waals surface area contributed by atoms with Crippen LogP contribution in [0, 0.1) is 0 Å². The van der Waals surface area contributed by atoms with Crippen molar-refractivity contribution in [2.45, 2.75) is 24.2 Å². The van der Waals surface area contributed by atoms with Gasteiger partial charge in [-0.2, -0.15) is 0 Å². The Morgan fingerprint density at radius 1 is 0.500 bits per heavy atom. The number of hydrogen-bond donors (Lipinski definition) is 0. The first-order chi connectivity index (χ1) is 14.4. The lowest BCUT2D eigenvalue weighted by molar-refractivity contribution is 0.765. The Hall–Kier alpha value is -2.63. The lowest BCUT2D eigenvalue weighted by Gasteiger charge is -2.29. The molecule has 5 rings (SSSR count). The average Bonchev–Trinajstić information content (AvgIpc) is 3.26. The molecule has 0 aliphatic carbocycles. The fourth-order valence-corrected chi connectivity index (χ4v) is 8.40. The lowest BCUT2D eigenvalue weighted by Crippen LogP contribution is -2.10. The Balaban J connectivity index is 0.00000218. The maximum atomic E-state index is 2.39. The predicted molar refractivity (Wildman–Crippen MR) is 132 cm³/mol. The summed E-state index contributed by atoms with van der Waals surface area (Å²) in [5, 5.41) is 1.55. The Bertz CT molecular complexity index is 1020. The van der Waals surface area contributed by atoms with Gasteiger partial charge in [0.25, 0.3) is 0 Å². The minimum atomic E-state index is -0.364. The summed E-state index contributed by atoms with van der Waals surface area (Å²) in [6.07, 6.45) is 2.52. The summed E-state index contributed by atoms with van der Waals surface area (Å²) in [4.78, 5) is 0. The molecule has 0 aromatic heterocycles. The molecule has 1 saturated heterocycles. The minimum absolute atomic E-state index is 0. The van der Waals surface area contributed by atoms with Crippen molar-refractivity contribution < 1.29 is 0 Å². The van der Waals surface area contributed by atoms with E-state index >= 15 is 0 Å². The van der Waals surface area contributed by atoms with E-state index in [2.05, 4.69) is 115 Å². The average molecular weight is 403 g/mol. The standard InChI is InChI=1S/C28H25P.B/c1-4-12-22(13-5-1)25-18-10-11-19-28(25)29-26(23-14-6-2-7-15-23)20-21-27(29)24-16-8-3-9-17-24;/h1-19,26-27H,20-21H2;/t26-,27-;/m0./s1. The Labute approximate surface area is 183 Å². The van der Waals surface area contributed by atoms with Gasteiger partial charge in [0.1, 0.15) is 0 Å². The Morgan fingerprint density at radius 3 is 1.47 bits per heavy atom.